The first kappa shape index (κ1) is 16.5. The van der Waals surface area contributed by atoms with Gasteiger partial charge >= 0.3 is 0 Å². The van der Waals surface area contributed by atoms with E-state index in [1.165, 1.54) is 6.33 Å². The molecule has 4 rings (SSSR count). The highest BCUT2D eigenvalue weighted by Crippen LogP contribution is 2.31. The van der Waals surface area contributed by atoms with Crippen molar-refractivity contribution in [3.63, 3.8) is 0 Å². The molecule has 0 unspecified atom stereocenters. The topological polar surface area (TPSA) is 78.8 Å². The highest BCUT2D eigenvalue weighted by Gasteiger charge is 2.16. The molecule has 130 valence electrons. The summed E-state index contributed by atoms with van der Waals surface area (Å²) in [5.41, 5.74) is 8.53. The van der Waals surface area contributed by atoms with Crippen molar-refractivity contribution in [3.8, 4) is 22.8 Å². The van der Waals surface area contributed by atoms with Crippen molar-refractivity contribution >= 4 is 32.8 Å². The number of hydrogen-bond acceptors (Lipinski definition) is 5. The SMILES string of the molecule is Nc1ncnc2c1c(-c1ccc(Oc3ccccc3)cc1)nn2CCBr. The van der Waals surface area contributed by atoms with Crippen molar-refractivity contribution in [3.05, 3.63) is 60.9 Å². The number of nitrogens with two attached hydrogens (primary N) is 1. The Balaban J connectivity index is 1.71. The Morgan fingerprint density at radius 3 is 2.42 bits per heavy atom. The van der Waals surface area contributed by atoms with Crippen LogP contribution in [0.1, 0.15) is 0 Å². The van der Waals surface area contributed by atoms with Crippen LogP contribution in [0.4, 0.5) is 5.82 Å². The van der Waals surface area contributed by atoms with Gasteiger partial charge in [0.15, 0.2) is 5.65 Å². The van der Waals surface area contributed by atoms with Crippen molar-refractivity contribution in [1.29, 1.82) is 0 Å². The van der Waals surface area contributed by atoms with Gasteiger partial charge in [-0.1, -0.05) is 34.1 Å². The quantitative estimate of drug-likeness (QED) is 0.498. The van der Waals surface area contributed by atoms with Crippen LogP contribution >= 0.6 is 15.9 Å². The molecule has 0 saturated heterocycles. The maximum atomic E-state index is 6.10. The zero-order valence-electron chi connectivity index (χ0n) is 13.8. The van der Waals surface area contributed by atoms with Crippen molar-refractivity contribution in [2.75, 3.05) is 11.1 Å². The lowest BCUT2D eigenvalue weighted by Gasteiger charge is -2.06. The number of aryl methyl sites for hydroxylation is 1. The molecule has 0 aliphatic heterocycles. The molecule has 4 aromatic rings. The summed E-state index contributed by atoms with van der Waals surface area (Å²) in [4.78, 5) is 8.46. The Labute approximate surface area is 158 Å². The summed E-state index contributed by atoms with van der Waals surface area (Å²) in [6.45, 7) is 0.697. The Morgan fingerprint density at radius 1 is 0.962 bits per heavy atom. The van der Waals surface area contributed by atoms with Gasteiger partial charge in [0.1, 0.15) is 29.3 Å². The molecule has 0 spiro atoms. The fraction of sp³-hybridized carbons (Fsp3) is 0.105. The number of benzene rings is 2. The van der Waals surface area contributed by atoms with Crippen LogP contribution in [0.15, 0.2) is 60.9 Å². The van der Waals surface area contributed by atoms with Crippen LogP contribution in [-0.4, -0.2) is 25.1 Å². The second-order valence-corrected chi connectivity index (χ2v) is 6.45. The molecule has 0 fully saturated rings. The third-order valence-electron chi connectivity index (χ3n) is 3.96. The fourth-order valence-electron chi connectivity index (χ4n) is 2.77. The lowest BCUT2D eigenvalue weighted by molar-refractivity contribution is 0.483. The molecule has 0 saturated carbocycles. The summed E-state index contributed by atoms with van der Waals surface area (Å²) in [5.74, 6) is 1.98. The van der Waals surface area contributed by atoms with Crippen LogP contribution in [-0.2, 0) is 6.54 Å². The molecule has 2 aromatic heterocycles. The number of aromatic nitrogens is 4. The molecule has 26 heavy (non-hydrogen) atoms. The van der Waals surface area contributed by atoms with E-state index < -0.39 is 0 Å². The number of para-hydroxylation sites is 1. The van der Waals surface area contributed by atoms with E-state index in [2.05, 4.69) is 31.0 Å². The molecule has 2 aromatic carbocycles. The average molecular weight is 410 g/mol. The Kier molecular flexibility index (Phi) is 4.53. The molecule has 2 N–H and O–H groups in total. The zero-order chi connectivity index (χ0) is 17.9. The monoisotopic (exact) mass is 409 g/mol. The number of nitrogen functional groups attached to an aromatic ring is 1. The predicted molar refractivity (Wildman–Crippen MR) is 105 cm³/mol. The van der Waals surface area contributed by atoms with E-state index >= 15 is 0 Å². The van der Waals surface area contributed by atoms with Crippen LogP contribution in [0.5, 0.6) is 11.5 Å². The third kappa shape index (κ3) is 3.13. The molecule has 0 amide bonds. The molecule has 6 nitrogen and oxygen atoms in total. The largest absolute Gasteiger partial charge is 0.457 e. The number of fused-ring (bicyclic) bond motifs is 1. The average Bonchev–Trinajstić information content (AvgIpc) is 3.04. The normalized spacial score (nSPS) is 11.0. The maximum Gasteiger partial charge on any atom is 0.163 e. The molecule has 0 bridgehead atoms. The Hall–Kier alpha value is -2.93. The first-order valence-electron chi connectivity index (χ1n) is 8.12. The van der Waals surface area contributed by atoms with E-state index in [4.69, 9.17) is 10.5 Å². The van der Waals surface area contributed by atoms with E-state index in [9.17, 15) is 0 Å². The summed E-state index contributed by atoms with van der Waals surface area (Å²) >= 11 is 3.44. The summed E-state index contributed by atoms with van der Waals surface area (Å²) in [5, 5.41) is 6.23. The van der Waals surface area contributed by atoms with E-state index in [0.29, 0.717) is 12.4 Å². The number of anilines is 1. The molecule has 0 aliphatic rings. The van der Waals surface area contributed by atoms with Gasteiger partial charge in [-0.3, -0.25) is 0 Å². The second kappa shape index (κ2) is 7.13. The van der Waals surface area contributed by atoms with Gasteiger partial charge in [0.2, 0.25) is 0 Å². The Bertz CT molecular complexity index is 1030. The number of ether oxygens (including phenoxy) is 1. The Morgan fingerprint density at radius 2 is 1.69 bits per heavy atom. The minimum Gasteiger partial charge on any atom is -0.457 e. The molecule has 2 heterocycles. The van der Waals surface area contributed by atoms with E-state index in [1.54, 1.807) is 0 Å². The lowest BCUT2D eigenvalue weighted by Crippen LogP contribution is -2.02. The minimum atomic E-state index is 0.426. The molecular formula is C19H16BrN5O. The summed E-state index contributed by atoms with van der Waals surface area (Å²) in [7, 11) is 0. The van der Waals surface area contributed by atoms with Gasteiger partial charge in [-0.05, 0) is 36.4 Å². The third-order valence-corrected chi connectivity index (χ3v) is 4.32. The highest BCUT2D eigenvalue weighted by molar-refractivity contribution is 9.09. The lowest BCUT2D eigenvalue weighted by atomic mass is 10.1. The molecule has 7 heteroatoms. The van der Waals surface area contributed by atoms with Crippen molar-refractivity contribution < 1.29 is 4.74 Å². The van der Waals surface area contributed by atoms with Crippen LogP contribution in [0.3, 0.4) is 0 Å². The van der Waals surface area contributed by atoms with Gasteiger partial charge in [-0.2, -0.15) is 5.10 Å². The zero-order valence-corrected chi connectivity index (χ0v) is 15.4. The summed E-state index contributed by atoms with van der Waals surface area (Å²) < 4.78 is 7.68. The van der Waals surface area contributed by atoms with E-state index in [1.807, 2.05) is 59.3 Å². The number of hydrogen-bond donors (Lipinski definition) is 1. The van der Waals surface area contributed by atoms with Crippen LogP contribution < -0.4 is 10.5 Å². The number of nitrogens with zero attached hydrogens (tertiary/aromatic N) is 4. The predicted octanol–water partition coefficient (Wildman–Crippen LogP) is 4.26. The minimum absolute atomic E-state index is 0.426. The van der Waals surface area contributed by atoms with Gasteiger partial charge in [-0.25, -0.2) is 14.6 Å². The fourth-order valence-corrected chi connectivity index (χ4v) is 3.11. The summed E-state index contributed by atoms with van der Waals surface area (Å²) in [6, 6.07) is 17.4. The van der Waals surface area contributed by atoms with Crippen LogP contribution in [0, 0.1) is 0 Å². The van der Waals surface area contributed by atoms with E-state index in [0.717, 1.165) is 39.1 Å². The van der Waals surface area contributed by atoms with Crippen molar-refractivity contribution in [1.82, 2.24) is 19.7 Å². The van der Waals surface area contributed by atoms with Crippen LogP contribution in [0.25, 0.3) is 22.3 Å². The number of rotatable bonds is 5. The maximum absolute atomic E-state index is 6.10. The van der Waals surface area contributed by atoms with Crippen molar-refractivity contribution in [2.45, 2.75) is 6.54 Å². The van der Waals surface area contributed by atoms with Crippen LogP contribution in [0.2, 0.25) is 0 Å². The molecular weight excluding hydrogens is 394 g/mol. The number of alkyl halides is 1. The first-order chi connectivity index (χ1) is 12.8. The van der Waals surface area contributed by atoms with Gasteiger partial charge in [-0.15, -0.1) is 0 Å². The molecule has 0 radical (unpaired) electrons. The number of halogens is 1. The van der Waals surface area contributed by atoms with Crippen molar-refractivity contribution in [2.24, 2.45) is 0 Å². The highest BCUT2D eigenvalue weighted by atomic mass is 79.9. The summed E-state index contributed by atoms with van der Waals surface area (Å²) in [6.07, 6.45) is 1.46. The van der Waals surface area contributed by atoms with Gasteiger partial charge in [0.05, 0.1) is 11.9 Å². The van der Waals surface area contributed by atoms with Gasteiger partial charge < -0.3 is 10.5 Å². The molecule has 0 aliphatic carbocycles. The van der Waals surface area contributed by atoms with Gasteiger partial charge in [0.25, 0.3) is 0 Å². The molecule has 0 atom stereocenters. The second-order valence-electron chi connectivity index (χ2n) is 5.66. The van der Waals surface area contributed by atoms with Gasteiger partial charge in [0, 0.05) is 10.9 Å². The van der Waals surface area contributed by atoms with E-state index in [-0.39, 0.29) is 0 Å². The first-order valence-corrected chi connectivity index (χ1v) is 9.24. The smallest absolute Gasteiger partial charge is 0.163 e. The standard InChI is InChI=1S/C19H16BrN5O/c20-10-11-25-19-16(18(21)22-12-23-19)17(24-25)13-6-8-15(9-7-13)26-14-4-2-1-3-5-14/h1-9,12H,10-11H2,(H2,21,22,23).